The third-order valence-electron chi connectivity index (χ3n) is 3.19. The summed E-state index contributed by atoms with van der Waals surface area (Å²) in [7, 11) is 0. The maximum absolute atomic E-state index is 5.72. The standard InChI is InChI=1S/C12H19N5/c1-4-16-8-14-6-11(16)7-17-10(3)12(5-13)9(2)15-17/h6,8H,4-5,7,13H2,1-3H3. The largest absolute Gasteiger partial charge is 0.333 e. The van der Waals surface area contributed by atoms with Crippen molar-refractivity contribution in [2.45, 2.75) is 40.4 Å². The highest BCUT2D eigenvalue weighted by Crippen LogP contribution is 2.13. The second-order valence-electron chi connectivity index (χ2n) is 4.18. The van der Waals surface area contributed by atoms with Gasteiger partial charge in [0.15, 0.2) is 0 Å². The molecule has 2 aromatic rings. The number of hydrogen-bond donors (Lipinski definition) is 1. The van der Waals surface area contributed by atoms with Gasteiger partial charge in [-0.3, -0.25) is 4.68 Å². The number of rotatable bonds is 4. The molecule has 0 aliphatic carbocycles. The predicted molar refractivity (Wildman–Crippen MR) is 66.6 cm³/mol. The summed E-state index contributed by atoms with van der Waals surface area (Å²) in [5, 5.41) is 4.53. The summed E-state index contributed by atoms with van der Waals surface area (Å²) in [6, 6.07) is 0. The molecule has 0 bridgehead atoms. The molecule has 0 spiro atoms. The summed E-state index contributed by atoms with van der Waals surface area (Å²) in [6.45, 7) is 8.40. The topological polar surface area (TPSA) is 61.7 Å². The normalized spacial score (nSPS) is 11.1. The van der Waals surface area contributed by atoms with E-state index >= 15 is 0 Å². The molecule has 0 saturated heterocycles. The molecular weight excluding hydrogens is 214 g/mol. The average Bonchev–Trinajstić information content (AvgIpc) is 2.85. The third kappa shape index (κ3) is 2.10. The van der Waals surface area contributed by atoms with Gasteiger partial charge in [-0.05, 0) is 20.8 Å². The molecule has 0 amide bonds. The van der Waals surface area contributed by atoms with Crippen LogP contribution in [0.3, 0.4) is 0 Å². The molecule has 5 heteroatoms. The smallest absolute Gasteiger partial charge is 0.0948 e. The van der Waals surface area contributed by atoms with E-state index in [1.165, 1.54) is 5.69 Å². The van der Waals surface area contributed by atoms with Gasteiger partial charge in [-0.25, -0.2) is 4.98 Å². The van der Waals surface area contributed by atoms with Gasteiger partial charge in [0.25, 0.3) is 0 Å². The molecular formula is C12H19N5. The zero-order valence-corrected chi connectivity index (χ0v) is 10.6. The molecule has 2 aromatic heterocycles. The van der Waals surface area contributed by atoms with Crippen LogP contribution < -0.4 is 5.73 Å². The number of imidazole rings is 1. The van der Waals surface area contributed by atoms with E-state index < -0.39 is 0 Å². The summed E-state index contributed by atoms with van der Waals surface area (Å²) in [6.07, 6.45) is 3.74. The summed E-state index contributed by atoms with van der Waals surface area (Å²) in [5.74, 6) is 0. The van der Waals surface area contributed by atoms with Crippen molar-refractivity contribution in [1.29, 1.82) is 0 Å². The van der Waals surface area contributed by atoms with Crippen molar-refractivity contribution in [3.63, 3.8) is 0 Å². The van der Waals surface area contributed by atoms with Crippen LogP contribution in [0.15, 0.2) is 12.5 Å². The Morgan fingerprint density at radius 3 is 2.71 bits per heavy atom. The molecule has 0 aliphatic rings. The van der Waals surface area contributed by atoms with Gasteiger partial charge in [-0.15, -0.1) is 0 Å². The van der Waals surface area contributed by atoms with E-state index in [4.69, 9.17) is 5.73 Å². The van der Waals surface area contributed by atoms with Gasteiger partial charge < -0.3 is 10.3 Å². The minimum atomic E-state index is 0.546. The van der Waals surface area contributed by atoms with Crippen LogP contribution >= 0.6 is 0 Å². The fraction of sp³-hybridized carbons (Fsp3) is 0.500. The number of nitrogens with two attached hydrogens (primary N) is 1. The van der Waals surface area contributed by atoms with Gasteiger partial charge in [0, 0.05) is 24.3 Å². The van der Waals surface area contributed by atoms with Crippen molar-refractivity contribution in [1.82, 2.24) is 19.3 Å². The first-order valence-corrected chi connectivity index (χ1v) is 5.89. The lowest BCUT2D eigenvalue weighted by atomic mass is 10.2. The molecule has 5 nitrogen and oxygen atoms in total. The molecule has 0 aromatic carbocycles. The van der Waals surface area contributed by atoms with Crippen LogP contribution in [0.5, 0.6) is 0 Å². The van der Waals surface area contributed by atoms with E-state index in [-0.39, 0.29) is 0 Å². The Labute approximate surface area is 101 Å². The van der Waals surface area contributed by atoms with Crippen molar-refractivity contribution in [3.05, 3.63) is 35.2 Å². The minimum absolute atomic E-state index is 0.546. The fourth-order valence-electron chi connectivity index (χ4n) is 2.10. The van der Waals surface area contributed by atoms with Crippen molar-refractivity contribution >= 4 is 0 Å². The van der Waals surface area contributed by atoms with Crippen LogP contribution in [0.2, 0.25) is 0 Å². The van der Waals surface area contributed by atoms with Crippen molar-refractivity contribution in [3.8, 4) is 0 Å². The van der Waals surface area contributed by atoms with Gasteiger partial charge in [0.05, 0.1) is 30.5 Å². The Bertz CT molecular complexity index is 509. The quantitative estimate of drug-likeness (QED) is 0.863. The van der Waals surface area contributed by atoms with Crippen molar-refractivity contribution in [2.24, 2.45) is 5.73 Å². The first-order chi connectivity index (χ1) is 8.17. The second kappa shape index (κ2) is 4.71. The predicted octanol–water partition coefficient (Wildman–Crippen LogP) is 1.22. The zero-order chi connectivity index (χ0) is 12.4. The summed E-state index contributed by atoms with van der Waals surface area (Å²) in [5.41, 5.74) is 10.2. The van der Waals surface area contributed by atoms with Crippen LogP contribution in [0.1, 0.15) is 29.6 Å². The third-order valence-corrected chi connectivity index (χ3v) is 3.19. The lowest BCUT2D eigenvalue weighted by Gasteiger charge is -2.07. The molecule has 0 radical (unpaired) electrons. The summed E-state index contributed by atoms with van der Waals surface area (Å²) >= 11 is 0. The maximum atomic E-state index is 5.72. The van der Waals surface area contributed by atoms with E-state index in [1.807, 2.05) is 24.1 Å². The number of aromatic nitrogens is 4. The van der Waals surface area contributed by atoms with Crippen LogP contribution in [0, 0.1) is 13.8 Å². The minimum Gasteiger partial charge on any atom is -0.333 e. The van der Waals surface area contributed by atoms with E-state index in [9.17, 15) is 0 Å². The number of hydrogen-bond acceptors (Lipinski definition) is 3. The molecule has 0 atom stereocenters. The molecule has 2 rings (SSSR count). The van der Waals surface area contributed by atoms with Gasteiger partial charge in [0.1, 0.15) is 0 Å². The van der Waals surface area contributed by atoms with Crippen LogP contribution in [-0.4, -0.2) is 19.3 Å². The maximum Gasteiger partial charge on any atom is 0.0948 e. The summed E-state index contributed by atoms with van der Waals surface area (Å²) < 4.78 is 4.12. The summed E-state index contributed by atoms with van der Waals surface area (Å²) in [4.78, 5) is 4.17. The van der Waals surface area contributed by atoms with Crippen LogP contribution in [-0.2, 0) is 19.6 Å². The monoisotopic (exact) mass is 233 g/mol. The molecule has 0 unspecified atom stereocenters. The van der Waals surface area contributed by atoms with Crippen molar-refractivity contribution < 1.29 is 0 Å². The highest BCUT2D eigenvalue weighted by molar-refractivity contribution is 5.24. The van der Waals surface area contributed by atoms with Gasteiger partial charge >= 0.3 is 0 Å². The Morgan fingerprint density at radius 1 is 1.35 bits per heavy atom. The van der Waals surface area contributed by atoms with E-state index in [0.29, 0.717) is 6.54 Å². The van der Waals surface area contributed by atoms with E-state index in [0.717, 1.165) is 30.0 Å². The molecule has 17 heavy (non-hydrogen) atoms. The number of aryl methyl sites for hydroxylation is 2. The van der Waals surface area contributed by atoms with Crippen LogP contribution in [0.25, 0.3) is 0 Å². The van der Waals surface area contributed by atoms with E-state index in [2.05, 4.69) is 28.5 Å². The molecule has 2 heterocycles. The second-order valence-corrected chi connectivity index (χ2v) is 4.18. The Balaban J connectivity index is 2.30. The first kappa shape index (κ1) is 11.9. The Kier molecular flexibility index (Phi) is 3.28. The van der Waals surface area contributed by atoms with Crippen LogP contribution in [0.4, 0.5) is 0 Å². The Hall–Kier alpha value is -1.62. The fourth-order valence-corrected chi connectivity index (χ4v) is 2.10. The zero-order valence-electron chi connectivity index (χ0n) is 10.6. The first-order valence-electron chi connectivity index (χ1n) is 5.89. The van der Waals surface area contributed by atoms with E-state index in [1.54, 1.807) is 0 Å². The number of nitrogens with zero attached hydrogens (tertiary/aromatic N) is 4. The Morgan fingerprint density at radius 2 is 2.12 bits per heavy atom. The lowest BCUT2D eigenvalue weighted by molar-refractivity contribution is 0.606. The van der Waals surface area contributed by atoms with Crippen molar-refractivity contribution in [2.75, 3.05) is 0 Å². The molecule has 0 saturated carbocycles. The highest BCUT2D eigenvalue weighted by Gasteiger charge is 2.11. The SMILES string of the molecule is CCn1cncc1Cn1nc(C)c(CN)c1C. The molecule has 2 N–H and O–H groups in total. The molecule has 0 fully saturated rings. The van der Waals surface area contributed by atoms with Gasteiger partial charge in [0.2, 0.25) is 0 Å². The van der Waals surface area contributed by atoms with Gasteiger partial charge in [-0.1, -0.05) is 0 Å². The molecule has 0 aliphatic heterocycles. The average molecular weight is 233 g/mol. The lowest BCUT2D eigenvalue weighted by Crippen LogP contribution is -2.09. The highest BCUT2D eigenvalue weighted by atomic mass is 15.3. The molecule has 92 valence electrons. The van der Waals surface area contributed by atoms with Gasteiger partial charge in [-0.2, -0.15) is 5.10 Å².